The van der Waals surface area contributed by atoms with Gasteiger partial charge in [0.25, 0.3) is 0 Å². The SMILES string of the molecule is C=CC(C)OC(=O)C(C)(C)C. The Labute approximate surface area is 68.2 Å². The van der Waals surface area contributed by atoms with Crippen molar-refractivity contribution in [1.82, 2.24) is 0 Å². The predicted molar refractivity (Wildman–Crippen MR) is 45.2 cm³/mol. The molecule has 0 aromatic rings. The third-order valence-corrected chi connectivity index (χ3v) is 1.24. The molecule has 0 aliphatic carbocycles. The molecule has 0 N–H and O–H groups in total. The molecule has 0 saturated heterocycles. The Hall–Kier alpha value is -0.790. The zero-order valence-electron chi connectivity index (χ0n) is 7.68. The molecule has 0 aromatic heterocycles. The molecule has 1 atom stereocenters. The molecule has 0 saturated carbocycles. The van der Waals surface area contributed by atoms with Crippen molar-refractivity contribution in [3.8, 4) is 0 Å². The standard InChI is InChI=1S/C9H16O2/c1-6-7(2)11-8(10)9(3,4)5/h6-7H,1H2,2-5H3. The van der Waals surface area contributed by atoms with E-state index in [4.69, 9.17) is 4.74 Å². The van der Waals surface area contributed by atoms with E-state index >= 15 is 0 Å². The number of hydrogen-bond acceptors (Lipinski definition) is 2. The van der Waals surface area contributed by atoms with Gasteiger partial charge in [0.1, 0.15) is 6.10 Å². The Morgan fingerprint density at radius 2 is 2.00 bits per heavy atom. The van der Waals surface area contributed by atoms with Crippen LogP contribution in [0, 0.1) is 5.41 Å². The van der Waals surface area contributed by atoms with Crippen LogP contribution in [0.4, 0.5) is 0 Å². The highest BCUT2D eigenvalue weighted by molar-refractivity contribution is 5.75. The Balaban J connectivity index is 3.98. The summed E-state index contributed by atoms with van der Waals surface area (Å²) >= 11 is 0. The van der Waals surface area contributed by atoms with E-state index in [9.17, 15) is 4.79 Å². The molecule has 2 nitrogen and oxygen atoms in total. The van der Waals surface area contributed by atoms with Gasteiger partial charge in [0.15, 0.2) is 0 Å². The van der Waals surface area contributed by atoms with Gasteiger partial charge in [-0.3, -0.25) is 4.79 Å². The first-order valence-corrected chi connectivity index (χ1v) is 3.71. The summed E-state index contributed by atoms with van der Waals surface area (Å²) in [6, 6.07) is 0. The van der Waals surface area contributed by atoms with Crippen molar-refractivity contribution in [1.29, 1.82) is 0 Å². The average Bonchev–Trinajstić information content (AvgIpc) is 1.85. The van der Waals surface area contributed by atoms with Gasteiger partial charge in [-0.2, -0.15) is 0 Å². The number of hydrogen-bond donors (Lipinski definition) is 0. The maximum Gasteiger partial charge on any atom is 0.311 e. The normalized spacial score (nSPS) is 13.8. The number of ether oxygens (including phenoxy) is 1. The van der Waals surface area contributed by atoms with Crippen LogP contribution in [0.1, 0.15) is 27.7 Å². The van der Waals surface area contributed by atoms with Crippen molar-refractivity contribution >= 4 is 5.97 Å². The molecular formula is C9H16O2. The molecule has 2 heteroatoms. The van der Waals surface area contributed by atoms with Gasteiger partial charge < -0.3 is 4.74 Å². The van der Waals surface area contributed by atoms with Gasteiger partial charge in [0.2, 0.25) is 0 Å². The molecule has 0 radical (unpaired) electrons. The van der Waals surface area contributed by atoms with E-state index in [1.54, 1.807) is 13.0 Å². The minimum absolute atomic E-state index is 0.190. The smallest absolute Gasteiger partial charge is 0.311 e. The van der Waals surface area contributed by atoms with Crippen LogP contribution in [0.5, 0.6) is 0 Å². The monoisotopic (exact) mass is 156 g/mol. The third kappa shape index (κ3) is 3.81. The van der Waals surface area contributed by atoms with Crippen LogP contribution in [0.2, 0.25) is 0 Å². The van der Waals surface area contributed by atoms with Crippen molar-refractivity contribution in [3.63, 3.8) is 0 Å². The number of carbonyl (C=O) groups is 1. The first-order chi connectivity index (χ1) is 4.88. The summed E-state index contributed by atoms with van der Waals surface area (Å²) in [6.07, 6.45) is 1.41. The summed E-state index contributed by atoms with van der Waals surface area (Å²) in [5.74, 6) is -0.190. The van der Waals surface area contributed by atoms with E-state index in [-0.39, 0.29) is 12.1 Å². The minimum Gasteiger partial charge on any atom is -0.458 e. The highest BCUT2D eigenvalue weighted by atomic mass is 16.5. The molecule has 0 rings (SSSR count). The molecular weight excluding hydrogens is 140 g/mol. The van der Waals surface area contributed by atoms with Crippen molar-refractivity contribution in [2.45, 2.75) is 33.8 Å². The second-order valence-corrected chi connectivity index (χ2v) is 3.60. The summed E-state index contributed by atoms with van der Waals surface area (Å²) in [4.78, 5) is 11.2. The van der Waals surface area contributed by atoms with Crippen molar-refractivity contribution in [2.24, 2.45) is 5.41 Å². The Morgan fingerprint density at radius 3 is 2.27 bits per heavy atom. The van der Waals surface area contributed by atoms with Gasteiger partial charge in [-0.1, -0.05) is 12.7 Å². The fourth-order valence-electron chi connectivity index (χ4n) is 0.394. The largest absolute Gasteiger partial charge is 0.458 e. The van der Waals surface area contributed by atoms with Crippen LogP contribution in [0.15, 0.2) is 12.7 Å². The molecule has 11 heavy (non-hydrogen) atoms. The van der Waals surface area contributed by atoms with Crippen LogP contribution < -0.4 is 0 Å². The number of esters is 1. The van der Waals surface area contributed by atoms with Crippen molar-refractivity contribution in [3.05, 3.63) is 12.7 Å². The summed E-state index contributed by atoms with van der Waals surface area (Å²) in [7, 11) is 0. The quantitative estimate of drug-likeness (QED) is 0.452. The van der Waals surface area contributed by atoms with Gasteiger partial charge in [-0.05, 0) is 27.7 Å². The number of rotatable bonds is 2. The van der Waals surface area contributed by atoms with Gasteiger partial charge in [-0.25, -0.2) is 0 Å². The van der Waals surface area contributed by atoms with Gasteiger partial charge in [-0.15, -0.1) is 0 Å². The summed E-state index contributed by atoms with van der Waals surface area (Å²) < 4.78 is 5.01. The fourth-order valence-corrected chi connectivity index (χ4v) is 0.394. The van der Waals surface area contributed by atoms with E-state index in [0.717, 1.165) is 0 Å². The first kappa shape index (κ1) is 10.2. The highest BCUT2D eigenvalue weighted by Crippen LogP contribution is 2.16. The lowest BCUT2D eigenvalue weighted by Gasteiger charge is -2.18. The van der Waals surface area contributed by atoms with Crippen molar-refractivity contribution in [2.75, 3.05) is 0 Å². The van der Waals surface area contributed by atoms with E-state index < -0.39 is 5.41 Å². The van der Waals surface area contributed by atoms with Crippen LogP contribution in [-0.2, 0) is 9.53 Å². The Bertz CT molecular complexity index is 153. The lowest BCUT2D eigenvalue weighted by atomic mass is 9.97. The maximum absolute atomic E-state index is 11.2. The zero-order valence-corrected chi connectivity index (χ0v) is 7.68. The molecule has 0 aliphatic heterocycles. The average molecular weight is 156 g/mol. The van der Waals surface area contributed by atoms with Crippen LogP contribution >= 0.6 is 0 Å². The second kappa shape index (κ2) is 3.56. The van der Waals surface area contributed by atoms with E-state index in [0.29, 0.717) is 0 Å². The third-order valence-electron chi connectivity index (χ3n) is 1.24. The molecule has 64 valence electrons. The topological polar surface area (TPSA) is 26.3 Å². The van der Waals surface area contributed by atoms with E-state index in [1.807, 2.05) is 20.8 Å². The van der Waals surface area contributed by atoms with Gasteiger partial charge >= 0.3 is 5.97 Å². The predicted octanol–water partition coefficient (Wildman–Crippen LogP) is 2.15. The maximum atomic E-state index is 11.2. The van der Waals surface area contributed by atoms with Crippen molar-refractivity contribution < 1.29 is 9.53 Å². The van der Waals surface area contributed by atoms with Gasteiger partial charge in [0, 0.05) is 0 Å². The first-order valence-electron chi connectivity index (χ1n) is 3.71. The summed E-state index contributed by atoms with van der Waals surface area (Å²) in [5.41, 5.74) is -0.419. The summed E-state index contributed by atoms with van der Waals surface area (Å²) in [5, 5.41) is 0. The second-order valence-electron chi connectivity index (χ2n) is 3.60. The molecule has 0 amide bonds. The lowest BCUT2D eigenvalue weighted by molar-refractivity contribution is -0.155. The van der Waals surface area contributed by atoms with E-state index in [2.05, 4.69) is 6.58 Å². The zero-order chi connectivity index (χ0) is 9.07. The van der Waals surface area contributed by atoms with Crippen LogP contribution in [0.25, 0.3) is 0 Å². The van der Waals surface area contributed by atoms with Crippen LogP contribution in [0.3, 0.4) is 0 Å². The highest BCUT2D eigenvalue weighted by Gasteiger charge is 2.23. The number of carbonyl (C=O) groups excluding carboxylic acids is 1. The van der Waals surface area contributed by atoms with Crippen LogP contribution in [-0.4, -0.2) is 12.1 Å². The summed E-state index contributed by atoms with van der Waals surface area (Å²) in [6.45, 7) is 10.8. The molecule has 0 spiro atoms. The Morgan fingerprint density at radius 1 is 1.55 bits per heavy atom. The van der Waals surface area contributed by atoms with E-state index in [1.165, 1.54) is 0 Å². The molecule has 0 aromatic carbocycles. The molecule has 0 bridgehead atoms. The lowest BCUT2D eigenvalue weighted by Crippen LogP contribution is -2.25. The Kier molecular flexibility index (Phi) is 3.30. The molecule has 0 aliphatic rings. The van der Waals surface area contributed by atoms with Gasteiger partial charge in [0.05, 0.1) is 5.41 Å². The molecule has 1 unspecified atom stereocenters. The fraction of sp³-hybridized carbons (Fsp3) is 0.667. The molecule has 0 heterocycles. The minimum atomic E-state index is -0.419. The molecule has 0 fully saturated rings.